The van der Waals surface area contributed by atoms with Crippen molar-refractivity contribution in [3.63, 3.8) is 0 Å². The Morgan fingerprint density at radius 1 is 1.23 bits per heavy atom. The summed E-state index contributed by atoms with van der Waals surface area (Å²) in [5.41, 5.74) is 0. The molecular formula is C7H12NNaO3S. The Hall–Kier alpha value is 0.870. The second kappa shape index (κ2) is 4.16. The minimum Gasteiger partial charge on any atom is -0.735 e. The molecule has 6 heteroatoms. The van der Waals surface area contributed by atoms with Gasteiger partial charge < -0.3 is 4.55 Å². The molecule has 4 nitrogen and oxygen atoms in total. The number of rotatable bonds is 2. The molecule has 2 rings (SSSR count). The Bertz CT molecular complexity index is 279. The Labute approximate surface area is 101 Å². The smallest absolute Gasteiger partial charge is 0.735 e. The van der Waals surface area contributed by atoms with E-state index in [4.69, 9.17) is 0 Å². The van der Waals surface area contributed by atoms with Crippen molar-refractivity contribution in [2.24, 2.45) is 11.8 Å². The van der Waals surface area contributed by atoms with Crippen molar-refractivity contribution in [2.75, 3.05) is 0 Å². The summed E-state index contributed by atoms with van der Waals surface area (Å²) in [6, 6.07) is -0.0637. The molecule has 70 valence electrons. The van der Waals surface area contributed by atoms with Crippen molar-refractivity contribution in [3.05, 3.63) is 0 Å². The molecule has 2 aliphatic carbocycles. The molecule has 0 amide bonds. The second-order valence-electron chi connectivity index (χ2n) is 3.85. The van der Waals surface area contributed by atoms with Gasteiger partial charge in [-0.25, -0.2) is 13.1 Å². The average molecular weight is 213 g/mol. The monoisotopic (exact) mass is 213 g/mol. The molecule has 0 radical (unpaired) electrons. The molecule has 0 aromatic heterocycles. The van der Waals surface area contributed by atoms with Gasteiger partial charge in [0.1, 0.15) is 0 Å². The van der Waals surface area contributed by atoms with Gasteiger partial charge in [0.25, 0.3) is 0 Å². The van der Waals surface area contributed by atoms with Crippen LogP contribution in [0.5, 0.6) is 0 Å². The largest absolute Gasteiger partial charge is 1.00 e. The Kier molecular flexibility index (Phi) is 3.82. The van der Waals surface area contributed by atoms with Crippen LogP contribution >= 0.6 is 0 Å². The van der Waals surface area contributed by atoms with Crippen LogP contribution in [0.1, 0.15) is 25.7 Å². The second-order valence-corrected chi connectivity index (χ2v) is 5.00. The van der Waals surface area contributed by atoms with E-state index in [9.17, 15) is 13.0 Å². The molecule has 0 aliphatic heterocycles. The molecule has 0 aromatic rings. The predicted molar refractivity (Wildman–Crippen MR) is 42.1 cm³/mol. The fourth-order valence-electron chi connectivity index (χ4n) is 2.57. The summed E-state index contributed by atoms with van der Waals surface area (Å²) in [5.74, 6) is 1.09. The summed E-state index contributed by atoms with van der Waals surface area (Å²) >= 11 is 0. The SMILES string of the molecule is O=S(=O)([O-])NC1CC2CCC1C2.[Na+]. The van der Waals surface area contributed by atoms with Gasteiger partial charge in [0.2, 0.25) is 0 Å². The van der Waals surface area contributed by atoms with Crippen molar-refractivity contribution in [1.82, 2.24) is 4.72 Å². The molecule has 2 bridgehead atoms. The molecule has 13 heavy (non-hydrogen) atoms. The summed E-state index contributed by atoms with van der Waals surface area (Å²) in [5, 5.41) is 0. The van der Waals surface area contributed by atoms with E-state index in [1.807, 2.05) is 0 Å². The van der Waals surface area contributed by atoms with Crippen LogP contribution in [0.15, 0.2) is 0 Å². The van der Waals surface area contributed by atoms with Gasteiger partial charge in [-0.1, -0.05) is 6.42 Å². The van der Waals surface area contributed by atoms with E-state index >= 15 is 0 Å². The van der Waals surface area contributed by atoms with Crippen molar-refractivity contribution < 1.29 is 42.5 Å². The molecule has 0 heterocycles. The van der Waals surface area contributed by atoms with E-state index < -0.39 is 10.3 Å². The Morgan fingerprint density at radius 3 is 2.31 bits per heavy atom. The van der Waals surface area contributed by atoms with Crippen LogP contribution in [0.3, 0.4) is 0 Å². The third-order valence-electron chi connectivity index (χ3n) is 3.03. The quantitative estimate of drug-likeness (QED) is 0.399. The summed E-state index contributed by atoms with van der Waals surface area (Å²) in [4.78, 5) is 0. The summed E-state index contributed by atoms with van der Waals surface area (Å²) < 4.78 is 33.4. The van der Waals surface area contributed by atoms with Crippen LogP contribution in [0.4, 0.5) is 0 Å². The molecule has 0 spiro atoms. The summed E-state index contributed by atoms with van der Waals surface area (Å²) in [6.45, 7) is 0. The van der Waals surface area contributed by atoms with E-state index in [0.717, 1.165) is 19.3 Å². The van der Waals surface area contributed by atoms with Crippen molar-refractivity contribution in [3.8, 4) is 0 Å². The van der Waals surface area contributed by atoms with Gasteiger partial charge in [0.05, 0.1) is 0 Å². The van der Waals surface area contributed by atoms with E-state index in [1.165, 1.54) is 6.42 Å². The topological polar surface area (TPSA) is 69.2 Å². The van der Waals surface area contributed by atoms with E-state index in [-0.39, 0.29) is 35.6 Å². The maximum atomic E-state index is 10.4. The zero-order valence-corrected chi connectivity index (χ0v) is 10.5. The molecule has 2 aliphatic rings. The molecule has 3 atom stereocenters. The van der Waals surface area contributed by atoms with E-state index in [1.54, 1.807) is 0 Å². The Morgan fingerprint density at radius 2 is 1.92 bits per heavy atom. The molecule has 3 unspecified atom stereocenters. The van der Waals surface area contributed by atoms with Gasteiger partial charge in [0.15, 0.2) is 10.3 Å². The van der Waals surface area contributed by atoms with Crippen LogP contribution in [0.25, 0.3) is 0 Å². The van der Waals surface area contributed by atoms with Gasteiger partial charge in [-0.15, -0.1) is 0 Å². The van der Waals surface area contributed by atoms with Gasteiger partial charge in [-0.2, -0.15) is 0 Å². The normalized spacial score (nSPS) is 37.5. The number of nitrogens with one attached hydrogen (secondary N) is 1. The first-order valence-electron chi connectivity index (χ1n) is 4.28. The first-order valence-corrected chi connectivity index (χ1v) is 5.68. The van der Waals surface area contributed by atoms with Crippen molar-refractivity contribution in [1.29, 1.82) is 0 Å². The standard InChI is InChI=1S/C7H13NO3S.Na/c9-12(10,11)8-7-4-5-1-2-6(7)3-5;/h5-8H,1-4H2,(H,9,10,11);/q;+1/p-1. The summed E-state index contributed by atoms with van der Waals surface area (Å²) in [7, 11) is -4.23. The minimum absolute atomic E-state index is 0. The third-order valence-corrected chi connectivity index (χ3v) is 3.63. The van der Waals surface area contributed by atoms with Gasteiger partial charge >= 0.3 is 29.6 Å². The minimum atomic E-state index is -4.23. The van der Waals surface area contributed by atoms with Gasteiger partial charge in [-0.05, 0) is 31.1 Å². The molecule has 0 saturated heterocycles. The van der Waals surface area contributed by atoms with Crippen LogP contribution in [-0.2, 0) is 10.3 Å². The summed E-state index contributed by atoms with van der Waals surface area (Å²) in [6.07, 6.45) is 4.26. The molecule has 2 saturated carbocycles. The maximum Gasteiger partial charge on any atom is 1.00 e. The predicted octanol–water partition coefficient (Wildman–Crippen LogP) is -2.77. The molecule has 1 N–H and O–H groups in total. The zero-order chi connectivity index (χ0) is 8.77. The fourth-order valence-corrected chi connectivity index (χ4v) is 3.23. The zero-order valence-electron chi connectivity index (χ0n) is 7.69. The third kappa shape index (κ3) is 2.91. The molecular weight excluding hydrogens is 201 g/mol. The number of fused-ring (bicyclic) bond motifs is 2. The van der Waals surface area contributed by atoms with E-state index in [2.05, 4.69) is 4.72 Å². The van der Waals surface area contributed by atoms with E-state index in [0.29, 0.717) is 11.8 Å². The van der Waals surface area contributed by atoms with Gasteiger partial charge in [0, 0.05) is 6.04 Å². The van der Waals surface area contributed by atoms with Crippen LogP contribution in [0, 0.1) is 11.8 Å². The van der Waals surface area contributed by atoms with Crippen molar-refractivity contribution >= 4 is 10.3 Å². The number of hydrogen-bond donors (Lipinski definition) is 1. The first kappa shape index (κ1) is 11.9. The first-order chi connectivity index (χ1) is 5.54. The van der Waals surface area contributed by atoms with Crippen molar-refractivity contribution in [2.45, 2.75) is 31.7 Å². The van der Waals surface area contributed by atoms with Crippen LogP contribution in [-0.4, -0.2) is 19.0 Å². The van der Waals surface area contributed by atoms with Gasteiger partial charge in [-0.3, -0.25) is 0 Å². The Balaban J connectivity index is 0.000000845. The maximum absolute atomic E-state index is 10.4. The fraction of sp³-hybridized carbons (Fsp3) is 1.00. The van der Waals surface area contributed by atoms with Crippen LogP contribution < -0.4 is 34.3 Å². The number of hydrogen-bond acceptors (Lipinski definition) is 3. The molecule has 2 fully saturated rings. The molecule has 0 aromatic carbocycles. The van der Waals surface area contributed by atoms with Crippen LogP contribution in [0.2, 0.25) is 0 Å². The average Bonchev–Trinajstić information content (AvgIpc) is 2.42.